The van der Waals surface area contributed by atoms with Crippen LogP contribution in [0.4, 0.5) is 10.1 Å². The Kier molecular flexibility index (Phi) is 7.08. The molecular weight excluding hydrogens is 471 g/mol. The fourth-order valence-corrected chi connectivity index (χ4v) is 4.80. The van der Waals surface area contributed by atoms with Crippen molar-refractivity contribution in [2.45, 2.75) is 17.9 Å². The Hall–Kier alpha value is -3.19. The van der Waals surface area contributed by atoms with E-state index in [0.717, 1.165) is 4.34 Å². The Morgan fingerprint density at radius 3 is 2.73 bits per heavy atom. The average Bonchev–Trinajstić information content (AvgIpc) is 3.45. The summed E-state index contributed by atoms with van der Waals surface area (Å²) in [6.45, 7) is 3.35. The van der Waals surface area contributed by atoms with Gasteiger partial charge in [0, 0.05) is 33.1 Å². The highest BCUT2D eigenvalue weighted by molar-refractivity contribution is 8.01. The molecule has 1 saturated heterocycles. The lowest BCUT2D eigenvalue weighted by molar-refractivity contribution is -0.128. The van der Waals surface area contributed by atoms with E-state index in [-0.39, 0.29) is 24.0 Å². The summed E-state index contributed by atoms with van der Waals surface area (Å²) >= 11 is 2.75. The van der Waals surface area contributed by atoms with Crippen molar-refractivity contribution in [2.75, 3.05) is 36.8 Å². The summed E-state index contributed by atoms with van der Waals surface area (Å²) in [5.74, 6) is -0.419. The number of halogens is 1. The molecule has 10 nitrogen and oxygen atoms in total. The molecule has 0 atom stereocenters. The van der Waals surface area contributed by atoms with Crippen LogP contribution in [0.1, 0.15) is 6.92 Å². The first-order chi connectivity index (χ1) is 15.9. The number of aromatic nitrogens is 3. The molecule has 0 bridgehead atoms. The summed E-state index contributed by atoms with van der Waals surface area (Å²) in [6.07, 6.45) is 1.43. The highest BCUT2D eigenvalue weighted by Gasteiger charge is 2.23. The van der Waals surface area contributed by atoms with Gasteiger partial charge in [-0.2, -0.15) is 4.74 Å². The predicted molar refractivity (Wildman–Crippen MR) is 122 cm³/mol. The van der Waals surface area contributed by atoms with Crippen molar-refractivity contribution in [2.24, 2.45) is 0 Å². The fourth-order valence-electron chi connectivity index (χ4n) is 3.41. The van der Waals surface area contributed by atoms with Gasteiger partial charge in [-0.05, 0) is 17.7 Å². The van der Waals surface area contributed by atoms with Gasteiger partial charge in [-0.15, -0.1) is 10.2 Å². The quantitative estimate of drug-likeness (QED) is 0.495. The van der Waals surface area contributed by atoms with Crippen molar-refractivity contribution < 1.29 is 18.5 Å². The maximum Gasteiger partial charge on any atom is 0.365 e. The predicted octanol–water partition coefficient (Wildman–Crippen LogP) is 1.63. The van der Waals surface area contributed by atoms with Crippen LogP contribution in [0.3, 0.4) is 0 Å². The highest BCUT2D eigenvalue weighted by atomic mass is 32.2. The van der Waals surface area contributed by atoms with E-state index in [0.29, 0.717) is 43.2 Å². The van der Waals surface area contributed by atoms with Gasteiger partial charge in [0.2, 0.25) is 11.8 Å². The normalized spacial score (nSPS) is 13.9. The zero-order valence-corrected chi connectivity index (χ0v) is 19.3. The maximum atomic E-state index is 14.9. The van der Waals surface area contributed by atoms with Crippen molar-refractivity contribution in [1.29, 1.82) is 0 Å². The standard InChI is InChI=1S/C20H21FN6O4S2/c1-13(28)22-11-27-9-15(19(30)31-27)14-2-3-17(16(21)8-14)25-4-6-26(7-5-25)18(29)10-32-20-24-23-12-33-20/h2-3,8-9,12H,4-7,10-11H2,1H3,(H,22,28). The first kappa shape index (κ1) is 23.0. The Morgan fingerprint density at radius 1 is 1.27 bits per heavy atom. The van der Waals surface area contributed by atoms with Crippen molar-refractivity contribution in [1.82, 2.24) is 25.2 Å². The van der Waals surface area contributed by atoms with Gasteiger partial charge >= 0.3 is 5.63 Å². The van der Waals surface area contributed by atoms with Gasteiger partial charge in [0.15, 0.2) is 4.34 Å². The Labute approximate surface area is 196 Å². The number of thioether (sulfide) groups is 1. The van der Waals surface area contributed by atoms with E-state index in [2.05, 4.69) is 15.5 Å². The van der Waals surface area contributed by atoms with Crippen LogP contribution in [0.25, 0.3) is 11.1 Å². The number of benzene rings is 1. The highest BCUT2D eigenvalue weighted by Crippen LogP contribution is 2.26. The lowest BCUT2D eigenvalue weighted by Crippen LogP contribution is -2.49. The second-order valence-electron chi connectivity index (χ2n) is 7.26. The molecule has 0 spiro atoms. The number of hydrogen-bond acceptors (Lipinski definition) is 9. The number of carbonyl (C=O) groups is 2. The zero-order chi connectivity index (χ0) is 23.4. The number of anilines is 1. The van der Waals surface area contributed by atoms with Crippen LogP contribution >= 0.6 is 23.1 Å². The Balaban J connectivity index is 1.36. The first-order valence-corrected chi connectivity index (χ1v) is 11.9. The number of carbonyl (C=O) groups excluding carboxylic acids is 2. The third kappa shape index (κ3) is 5.60. The average molecular weight is 493 g/mol. The molecule has 174 valence electrons. The van der Waals surface area contributed by atoms with E-state index >= 15 is 0 Å². The Bertz CT molecular complexity index is 1190. The minimum Gasteiger partial charge on any atom is -0.366 e. The van der Waals surface area contributed by atoms with E-state index < -0.39 is 11.4 Å². The van der Waals surface area contributed by atoms with Crippen LogP contribution in [0.15, 0.2) is 43.6 Å². The van der Waals surface area contributed by atoms with E-state index in [1.807, 2.05) is 4.90 Å². The van der Waals surface area contributed by atoms with E-state index in [1.54, 1.807) is 22.5 Å². The first-order valence-electron chi connectivity index (χ1n) is 10.1. The van der Waals surface area contributed by atoms with Gasteiger partial charge in [-0.3, -0.25) is 9.59 Å². The van der Waals surface area contributed by atoms with E-state index in [1.165, 1.54) is 47.0 Å². The molecule has 2 aromatic heterocycles. The van der Waals surface area contributed by atoms with Crippen molar-refractivity contribution in [3.05, 3.63) is 46.1 Å². The lowest BCUT2D eigenvalue weighted by Gasteiger charge is -2.36. The molecule has 1 aliphatic heterocycles. The van der Waals surface area contributed by atoms with E-state index in [9.17, 15) is 18.8 Å². The van der Waals surface area contributed by atoms with Gasteiger partial charge in [-0.25, -0.2) is 9.18 Å². The summed E-state index contributed by atoms with van der Waals surface area (Å²) < 4.78 is 21.9. The van der Waals surface area contributed by atoms with Gasteiger partial charge < -0.3 is 19.6 Å². The van der Waals surface area contributed by atoms with E-state index in [4.69, 9.17) is 4.52 Å². The van der Waals surface area contributed by atoms with Crippen LogP contribution in [0.2, 0.25) is 0 Å². The van der Waals surface area contributed by atoms with Crippen molar-refractivity contribution in [3.63, 3.8) is 0 Å². The molecule has 1 N–H and O–H groups in total. The van der Waals surface area contributed by atoms with Crippen molar-refractivity contribution >= 4 is 40.6 Å². The summed E-state index contributed by atoms with van der Waals surface area (Å²) in [4.78, 5) is 39.2. The molecule has 3 aromatic rings. The summed E-state index contributed by atoms with van der Waals surface area (Å²) in [5.41, 5.74) is 2.00. The largest absolute Gasteiger partial charge is 0.366 e. The maximum absolute atomic E-state index is 14.9. The summed E-state index contributed by atoms with van der Waals surface area (Å²) in [5, 5.41) is 10.2. The smallest absolute Gasteiger partial charge is 0.365 e. The van der Waals surface area contributed by atoms with Gasteiger partial charge in [0.25, 0.3) is 0 Å². The lowest BCUT2D eigenvalue weighted by atomic mass is 10.1. The van der Waals surface area contributed by atoms with Crippen LogP contribution in [-0.4, -0.2) is 63.6 Å². The molecular formula is C20H21FN6O4S2. The number of amides is 2. The number of hydrogen-bond donors (Lipinski definition) is 1. The third-order valence-corrected chi connectivity index (χ3v) is 6.91. The minimum atomic E-state index is -0.619. The molecule has 4 rings (SSSR count). The SMILES string of the molecule is CC(=O)NCn1cc(-c2ccc(N3CCN(C(=O)CSc4nncs4)CC3)c(F)c2)c(=O)o1. The Morgan fingerprint density at radius 2 is 2.06 bits per heavy atom. The molecule has 0 radical (unpaired) electrons. The molecule has 0 unspecified atom stereocenters. The van der Waals surface area contributed by atoms with Gasteiger partial charge in [-0.1, -0.05) is 29.2 Å². The van der Waals surface area contributed by atoms with Crippen molar-refractivity contribution in [3.8, 4) is 11.1 Å². The number of nitrogens with zero attached hydrogens (tertiary/aromatic N) is 5. The molecule has 1 aliphatic rings. The van der Waals surface area contributed by atoms with Crippen LogP contribution in [0.5, 0.6) is 0 Å². The third-order valence-electron chi connectivity index (χ3n) is 5.07. The molecule has 1 fully saturated rings. The fraction of sp³-hybridized carbons (Fsp3) is 0.350. The zero-order valence-electron chi connectivity index (χ0n) is 17.7. The molecule has 0 aliphatic carbocycles. The number of rotatable bonds is 7. The molecule has 13 heteroatoms. The summed E-state index contributed by atoms with van der Waals surface area (Å²) in [6, 6.07) is 4.57. The molecule has 2 amide bonds. The van der Waals surface area contributed by atoms with Gasteiger partial charge in [0.1, 0.15) is 18.0 Å². The van der Waals surface area contributed by atoms with Gasteiger partial charge in [0.05, 0.1) is 23.2 Å². The number of nitrogens with one attached hydrogen (secondary N) is 1. The minimum absolute atomic E-state index is 0.00731. The van der Waals surface area contributed by atoms with Crippen LogP contribution in [0, 0.1) is 5.82 Å². The number of piperazine rings is 1. The molecule has 33 heavy (non-hydrogen) atoms. The molecule has 3 heterocycles. The van der Waals surface area contributed by atoms with Crippen LogP contribution < -0.4 is 15.8 Å². The topological polar surface area (TPSA) is 114 Å². The van der Waals surface area contributed by atoms with Crippen LogP contribution in [-0.2, 0) is 16.3 Å². The molecule has 1 aromatic carbocycles. The monoisotopic (exact) mass is 492 g/mol. The second kappa shape index (κ2) is 10.2. The second-order valence-corrected chi connectivity index (χ2v) is 9.31. The summed E-state index contributed by atoms with van der Waals surface area (Å²) in [7, 11) is 0. The molecule has 0 saturated carbocycles.